The van der Waals surface area contributed by atoms with Crippen LogP contribution in [0, 0.1) is 41.0 Å². The number of ether oxygens (including phenoxy) is 2. The summed E-state index contributed by atoms with van der Waals surface area (Å²) in [7, 11) is -4.58. The van der Waals surface area contributed by atoms with Crippen LogP contribution in [-0.2, 0) is 24.0 Å². The number of hydrogen-bond acceptors (Lipinski definition) is 9. The van der Waals surface area contributed by atoms with Crippen LogP contribution in [0.15, 0.2) is 83.8 Å². The van der Waals surface area contributed by atoms with Gasteiger partial charge in [-0.05, 0) is 147 Å². The number of carbonyl (C=O) groups excluding carboxylic acids is 1. The van der Waals surface area contributed by atoms with Crippen molar-refractivity contribution in [2.75, 3.05) is 27.0 Å². The van der Waals surface area contributed by atoms with E-state index in [1.54, 1.807) is 36.4 Å². The van der Waals surface area contributed by atoms with Crippen LogP contribution in [0.1, 0.15) is 36.1 Å². The number of halogens is 8. The summed E-state index contributed by atoms with van der Waals surface area (Å²) in [4.78, 5) is 11.5. The minimum Gasteiger partial charge on any atom is -1.00 e. The normalized spacial score (nSPS) is 10.4. The second-order valence-electron chi connectivity index (χ2n) is 10.2. The van der Waals surface area contributed by atoms with Gasteiger partial charge in [0.1, 0.15) is 47.9 Å². The Bertz CT molecular complexity index is 1740. The van der Waals surface area contributed by atoms with Crippen LogP contribution < -0.4 is 118 Å². The fourth-order valence-electron chi connectivity index (χ4n) is 3.17. The van der Waals surface area contributed by atoms with Gasteiger partial charge in [0.25, 0.3) is 16.6 Å². The van der Waals surface area contributed by atoms with Gasteiger partial charge in [0.15, 0.2) is 0 Å². The van der Waals surface area contributed by atoms with Crippen molar-refractivity contribution in [2.45, 2.75) is 43.4 Å². The quantitative estimate of drug-likeness (QED) is 0.0326. The van der Waals surface area contributed by atoms with E-state index in [-0.39, 0.29) is 163 Å². The van der Waals surface area contributed by atoms with E-state index in [1.807, 2.05) is 88.5 Å². The topological polar surface area (TPSA) is 131 Å². The van der Waals surface area contributed by atoms with Crippen molar-refractivity contribution >= 4 is 107 Å². The van der Waals surface area contributed by atoms with Crippen molar-refractivity contribution < 1.29 is 165 Å². The Hall–Kier alpha value is 1.53. The number of rotatable bonds is 12. The van der Waals surface area contributed by atoms with E-state index in [1.165, 1.54) is 42.5 Å². The van der Waals surface area contributed by atoms with Crippen LogP contribution in [0.4, 0.5) is 17.6 Å². The van der Waals surface area contributed by atoms with Crippen molar-refractivity contribution in [1.82, 2.24) is 0 Å². The van der Waals surface area contributed by atoms with Gasteiger partial charge in [-0.2, -0.15) is 8.42 Å². The SMILES string of the molecule is C.CCC(C)COS(=O)(=O)c1ccc(C)cc1.Fc1ccc(OCC(I)COc2ccc(F)cc2I)c(I)c1.O=CO[O-].Oc1ccc(F)cc1I.[2H]CF.[H-].[K+].[K+]. The van der Waals surface area contributed by atoms with Crippen molar-refractivity contribution in [3.05, 3.63) is 113 Å². The zero-order valence-corrected chi connectivity index (χ0v) is 46.1. The van der Waals surface area contributed by atoms with Gasteiger partial charge in [0.05, 0.1) is 34.7 Å². The number of benzene rings is 4. The average Bonchev–Trinajstić information content (AvgIpc) is 3.12. The molecule has 4 rings (SSSR count). The first-order valence-corrected chi connectivity index (χ1v) is 20.8. The predicted octanol–water partition coefficient (Wildman–Crippen LogP) is 4.09. The number of hydrogen-bond donors (Lipinski definition) is 1. The predicted molar refractivity (Wildman–Crippen MR) is 234 cm³/mol. The van der Waals surface area contributed by atoms with Gasteiger partial charge in [0.2, 0.25) is 0 Å². The van der Waals surface area contributed by atoms with Crippen LogP contribution in [0.3, 0.4) is 0 Å². The third-order valence-electron chi connectivity index (χ3n) is 6.09. The van der Waals surface area contributed by atoms with Gasteiger partial charge in [-0.15, -0.1) is 0 Å². The maximum absolute atomic E-state index is 13.0. The van der Waals surface area contributed by atoms with Gasteiger partial charge in [-0.1, -0.05) is 68.0 Å². The Labute approximate surface area is 469 Å². The van der Waals surface area contributed by atoms with Crippen molar-refractivity contribution in [2.24, 2.45) is 5.92 Å². The van der Waals surface area contributed by atoms with Gasteiger partial charge < -0.3 is 26.2 Å². The molecule has 1 unspecified atom stereocenters. The molecule has 0 aliphatic rings. The maximum atomic E-state index is 13.0. The molecular weight excluding hydrogens is 1270 g/mol. The fourth-order valence-corrected chi connectivity index (χ4v) is 6.29. The van der Waals surface area contributed by atoms with Crippen molar-refractivity contribution in [3.63, 3.8) is 0 Å². The molecule has 0 radical (unpaired) electrons. The smallest absolute Gasteiger partial charge is 1.00 e. The molecule has 0 heterocycles. The summed E-state index contributed by atoms with van der Waals surface area (Å²) in [5.74, 6) is 0.795. The number of phenols is 1. The van der Waals surface area contributed by atoms with E-state index in [9.17, 15) is 26.0 Å². The summed E-state index contributed by atoms with van der Waals surface area (Å²) >= 11 is 8.16. The average molecular weight is 1310 g/mol. The van der Waals surface area contributed by atoms with E-state index < -0.39 is 17.3 Å². The molecule has 0 amide bonds. The van der Waals surface area contributed by atoms with Crippen LogP contribution in [0.25, 0.3) is 0 Å². The molecule has 1 atom stereocenters. The number of aryl methyl sites for hydroxylation is 1. The first kappa shape index (κ1) is 61.8. The van der Waals surface area contributed by atoms with Crippen LogP contribution in [-0.4, -0.2) is 50.9 Å². The van der Waals surface area contributed by atoms with Crippen LogP contribution in [0.2, 0.25) is 0 Å². The molecule has 0 spiro atoms. The Morgan fingerprint density at radius 2 is 1.23 bits per heavy atom. The van der Waals surface area contributed by atoms with E-state index >= 15 is 0 Å². The largest absolute Gasteiger partial charge is 1.00 e. The van der Waals surface area contributed by atoms with Gasteiger partial charge in [-0.25, -0.2) is 13.2 Å². The molecule has 4 aromatic carbocycles. The molecule has 0 fully saturated rings. The van der Waals surface area contributed by atoms with Gasteiger partial charge in [-0.3, -0.25) is 13.4 Å². The molecule has 0 aliphatic carbocycles. The minimum absolute atomic E-state index is 0. The molecular formula is C36H42F4I4K2O9S. The number of carbonyl (C=O) groups is 1. The van der Waals surface area contributed by atoms with E-state index in [0.717, 1.165) is 19.1 Å². The molecule has 56 heavy (non-hydrogen) atoms. The molecule has 20 heteroatoms. The van der Waals surface area contributed by atoms with Crippen molar-refractivity contribution in [3.8, 4) is 17.2 Å². The standard InChI is InChI=1S/C15H11F2I3O2.C12H18O3S.C6H4FIO.CH3F.CH2O3.CH4.2K.H/c16-9-1-3-14(12(19)5-9)21-7-11(18)8-22-15-4-2-10(17)6-13(15)20;1-4-10(2)9-15-16(13,14)12-7-5-11(3)6-8-12;7-4-1-2-6(9)5(8)3-4;1-2;2-1-4-3;;;;/h1-6,11H,7-8H2;5-8,10H,4,9H2,1-3H3;1-3,9H;1H3;1,3H;1H4;;;/q;;;;;;2*+1;-1/p-1/i;;;1D;;;;;. The van der Waals surface area contributed by atoms with Gasteiger partial charge >= 0.3 is 103 Å². The second-order valence-corrected chi connectivity index (χ2v) is 17.1. The molecule has 0 bridgehead atoms. The second kappa shape index (κ2) is 37.1. The summed E-state index contributed by atoms with van der Waals surface area (Å²) < 4.78 is 95.7. The van der Waals surface area contributed by atoms with Crippen LogP contribution >= 0.6 is 90.4 Å². The first-order chi connectivity index (χ1) is 25.4. The minimum atomic E-state index is -3.58. The summed E-state index contributed by atoms with van der Waals surface area (Å²) in [5, 5.41) is 17.3. The first-order valence-electron chi connectivity index (χ1n) is 15.6. The Kier molecular flexibility index (Phi) is 41.0. The van der Waals surface area contributed by atoms with Crippen molar-refractivity contribution in [1.29, 1.82) is 0 Å². The van der Waals surface area contributed by atoms with E-state index in [4.69, 9.17) is 30.2 Å². The maximum Gasteiger partial charge on any atom is 1.00 e. The third kappa shape index (κ3) is 28.9. The summed E-state index contributed by atoms with van der Waals surface area (Å²) in [5.41, 5.74) is 1.03. The van der Waals surface area contributed by atoms with E-state index in [2.05, 4.69) is 27.5 Å². The summed E-state index contributed by atoms with van der Waals surface area (Å²) in [6, 6.07) is 19.3. The monoisotopic (exact) mass is 1310 g/mol. The Balaban J connectivity index is -0.000000229. The molecule has 4 aromatic rings. The number of alkyl halides is 2. The summed E-state index contributed by atoms with van der Waals surface area (Å²) in [6.45, 7) is 6.83. The molecule has 304 valence electrons. The molecule has 9 nitrogen and oxygen atoms in total. The van der Waals surface area contributed by atoms with Gasteiger partial charge in [0, 0.05) is 0 Å². The summed E-state index contributed by atoms with van der Waals surface area (Å²) in [6.07, 6.45) is 0.906. The Morgan fingerprint density at radius 3 is 1.57 bits per heavy atom. The zero-order chi connectivity index (χ0) is 41.3. The number of phenolic OH excluding ortho intramolecular Hbond substituents is 1. The molecule has 0 aliphatic heterocycles. The molecule has 0 aromatic heterocycles. The molecule has 0 saturated carbocycles. The van der Waals surface area contributed by atoms with Crippen LogP contribution in [0.5, 0.6) is 17.2 Å². The zero-order valence-electron chi connectivity index (χ0n) is 32.4. The fraction of sp³-hybridized carbons (Fsp3) is 0.306. The molecule has 0 saturated heterocycles. The number of aromatic hydroxyl groups is 1. The third-order valence-corrected chi connectivity index (χ3v) is 10.7. The Morgan fingerprint density at radius 1 is 0.839 bits per heavy atom. The van der Waals surface area contributed by atoms with E-state index in [0.29, 0.717) is 28.3 Å². The molecule has 1 N–H and O–H groups in total.